The Morgan fingerprint density at radius 2 is 1.21 bits per heavy atom. The van der Waals surface area contributed by atoms with Gasteiger partial charge in [-0.2, -0.15) is 0 Å². The van der Waals surface area contributed by atoms with Crippen LogP contribution in [-0.2, 0) is 6.42 Å². The predicted octanol–water partition coefficient (Wildman–Crippen LogP) is 8.51. The van der Waals surface area contributed by atoms with Crippen molar-refractivity contribution < 1.29 is 0 Å². The van der Waals surface area contributed by atoms with Crippen LogP contribution in [0.25, 0.3) is 38.4 Å². The average molecular weight is 557 g/mol. The van der Waals surface area contributed by atoms with Crippen LogP contribution in [0.3, 0.4) is 0 Å². The van der Waals surface area contributed by atoms with Gasteiger partial charge in [-0.15, -0.1) is 0 Å². The molecule has 4 N–H and O–H groups in total. The van der Waals surface area contributed by atoms with E-state index in [0.29, 0.717) is 0 Å². The van der Waals surface area contributed by atoms with Crippen LogP contribution in [0.4, 0.5) is 5.69 Å². The monoisotopic (exact) mass is 556 g/mol. The van der Waals surface area contributed by atoms with Gasteiger partial charge < -0.3 is 21.3 Å². The Labute approximate surface area is 251 Å². The van der Waals surface area contributed by atoms with Crippen molar-refractivity contribution in [2.45, 2.75) is 51.4 Å². The summed E-state index contributed by atoms with van der Waals surface area (Å²) in [6.45, 7) is 2.16. The molecule has 0 aromatic heterocycles. The Morgan fingerprint density at radius 3 is 1.95 bits per heavy atom. The minimum atomic E-state index is 0.996. The fourth-order valence-corrected chi connectivity index (χ4v) is 6.26. The van der Waals surface area contributed by atoms with Gasteiger partial charge in [0.15, 0.2) is 0 Å². The van der Waals surface area contributed by atoms with Gasteiger partial charge in [-0.25, -0.2) is 0 Å². The summed E-state index contributed by atoms with van der Waals surface area (Å²) in [4.78, 5) is 0. The van der Waals surface area contributed by atoms with Crippen molar-refractivity contribution >= 4 is 32.9 Å². The number of hydrogen-bond acceptors (Lipinski definition) is 4. The summed E-state index contributed by atoms with van der Waals surface area (Å²) >= 11 is 0. The number of allylic oxidation sites excluding steroid dienone is 5. The van der Waals surface area contributed by atoms with Crippen molar-refractivity contribution in [2.24, 2.45) is 0 Å². The van der Waals surface area contributed by atoms with E-state index in [1.807, 2.05) is 14.1 Å². The topological polar surface area (TPSA) is 48.1 Å². The minimum Gasteiger partial charge on any atom is -0.359 e. The molecule has 0 atom stereocenters. The molecule has 4 nitrogen and oxygen atoms in total. The second-order valence-corrected chi connectivity index (χ2v) is 11.7. The van der Waals surface area contributed by atoms with Crippen molar-refractivity contribution in [3.8, 4) is 11.1 Å². The van der Waals surface area contributed by atoms with E-state index in [4.69, 9.17) is 0 Å². The number of unbranched alkanes of at least 4 members (excludes halogenated alkanes) is 2. The second kappa shape index (κ2) is 13.4. The number of rotatable bonds is 12. The summed E-state index contributed by atoms with van der Waals surface area (Å²) in [6.07, 6.45) is 16.0. The smallest absolute Gasteiger partial charge is 0.0497 e. The van der Waals surface area contributed by atoms with Crippen molar-refractivity contribution in [3.05, 3.63) is 107 Å². The summed E-state index contributed by atoms with van der Waals surface area (Å²) in [7, 11) is 4.05. The molecule has 0 aliphatic carbocycles. The quantitative estimate of drug-likeness (QED) is 0.132. The summed E-state index contributed by atoms with van der Waals surface area (Å²) in [6, 6.07) is 25.2. The van der Waals surface area contributed by atoms with Crippen LogP contribution in [0.2, 0.25) is 0 Å². The van der Waals surface area contributed by atoms with Crippen LogP contribution in [0.15, 0.2) is 96.4 Å². The average Bonchev–Trinajstić information content (AvgIpc) is 3.04. The maximum absolute atomic E-state index is 3.78. The Hall–Kier alpha value is -3.86. The normalized spacial score (nSPS) is 14.6. The largest absolute Gasteiger partial charge is 0.359 e. The molecule has 2 heterocycles. The highest BCUT2D eigenvalue weighted by atomic mass is 14.9. The van der Waals surface area contributed by atoms with Crippen molar-refractivity contribution in [3.63, 3.8) is 0 Å². The van der Waals surface area contributed by atoms with E-state index in [0.717, 1.165) is 38.8 Å². The number of anilines is 1. The number of dihydropyridines is 1. The third-order valence-corrected chi connectivity index (χ3v) is 8.67. The maximum atomic E-state index is 3.78. The van der Waals surface area contributed by atoms with Gasteiger partial charge in [0.05, 0.1) is 0 Å². The molecular weight excluding hydrogens is 512 g/mol. The fraction of sp³-hybridized carbons (Fsp3) is 0.316. The number of benzene rings is 4. The predicted molar refractivity (Wildman–Crippen MR) is 182 cm³/mol. The van der Waals surface area contributed by atoms with Crippen molar-refractivity contribution in [2.75, 3.05) is 32.5 Å². The first-order valence-electron chi connectivity index (χ1n) is 15.7. The zero-order chi connectivity index (χ0) is 28.7. The lowest BCUT2D eigenvalue weighted by atomic mass is 9.94. The first-order chi connectivity index (χ1) is 20.7. The van der Waals surface area contributed by atoms with Gasteiger partial charge in [-0.1, -0.05) is 66.8 Å². The Kier molecular flexibility index (Phi) is 9.03. The highest BCUT2D eigenvalue weighted by molar-refractivity contribution is 5.99. The van der Waals surface area contributed by atoms with Gasteiger partial charge in [0.1, 0.15) is 0 Å². The van der Waals surface area contributed by atoms with Gasteiger partial charge in [-0.05, 0) is 135 Å². The number of hydrogen-bond donors (Lipinski definition) is 4. The van der Waals surface area contributed by atoms with Crippen LogP contribution >= 0.6 is 0 Å². The van der Waals surface area contributed by atoms with Gasteiger partial charge in [0, 0.05) is 28.2 Å². The van der Waals surface area contributed by atoms with E-state index in [1.165, 1.54) is 92.3 Å². The first kappa shape index (κ1) is 28.3. The molecule has 4 aromatic carbocycles. The van der Waals surface area contributed by atoms with E-state index < -0.39 is 0 Å². The van der Waals surface area contributed by atoms with Crippen LogP contribution in [-0.4, -0.2) is 27.2 Å². The Bertz CT molecular complexity index is 1660. The molecule has 2 aliphatic heterocycles. The van der Waals surface area contributed by atoms with E-state index in [1.54, 1.807) is 0 Å². The second-order valence-electron chi connectivity index (χ2n) is 11.7. The summed E-state index contributed by atoms with van der Waals surface area (Å²) < 4.78 is 0. The molecule has 216 valence electrons. The third kappa shape index (κ3) is 6.46. The van der Waals surface area contributed by atoms with Crippen LogP contribution in [0, 0.1) is 0 Å². The van der Waals surface area contributed by atoms with E-state index in [9.17, 15) is 0 Å². The molecule has 42 heavy (non-hydrogen) atoms. The molecule has 0 radical (unpaired) electrons. The molecule has 0 unspecified atom stereocenters. The van der Waals surface area contributed by atoms with E-state index in [-0.39, 0.29) is 0 Å². The molecule has 0 saturated carbocycles. The van der Waals surface area contributed by atoms with Crippen molar-refractivity contribution in [1.82, 2.24) is 16.0 Å². The highest BCUT2D eigenvalue weighted by Gasteiger charge is 2.14. The maximum Gasteiger partial charge on any atom is 0.0497 e. The molecule has 0 spiro atoms. The van der Waals surface area contributed by atoms with Gasteiger partial charge in [-0.3, -0.25) is 0 Å². The summed E-state index contributed by atoms with van der Waals surface area (Å²) in [5.74, 6) is 0. The Balaban J connectivity index is 1.17. The lowest BCUT2D eigenvalue weighted by Gasteiger charge is -2.22. The molecule has 0 bridgehead atoms. The molecule has 4 aromatic rings. The van der Waals surface area contributed by atoms with Gasteiger partial charge in [0.2, 0.25) is 0 Å². The highest BCUT2D eigenvalue weighted by Crippen LogP contribution is 2.36. The van der Waals surface area contributed by atoms with Gasteiger partial charge >= 0.3 is 0 Å². The molecular formula is C38H44N4. The molecule has 0 amide bonds. The Morgan fingerprint density at radius 1 is 0.595 bits per heavy atom. The zero-order valence-corrected chi connectivity index (χ0v) is 25.2. The lowest BCUT2D eigenvalue weighted by molar-refractivity contribution is 0.663. The zero-order valence-electron chi connectivity index (χ0n) is 25.2. The first-order valence-corrected chi connectivity index (χ1v) is 15.7. The lowest BCUT2D eigenvalue weighted by Crippen LogP contribution is -2.15. The van der Waals surface area contributed by atoms with E-state index in [2.05, 4.69) is 106 Å². The summed E-state index contributed by atoms with van der Waals surface area (Å²) in [5, 5.41) is 19.1. The summed E-state index contributed by atoms with van der Waals surface area (Å²) in [5.41, 5.74) is 10.4. The third-order valence-electron chi connectivity index (χ3n) is 8.67. The standard InChI is InChI=1S/C38H44N4/c1-39-22-5-3-8-34-10-7-11-37(41-34)33-17-15-29-24-28(13-14-30(29)26-33)31-19-21-36-32(25-31)16-12-27-18-20-35(42-38(27)36)9-4-6-23-40-2/h10-17,19-21,24-26,39-42H,3-9,18,22-23H2,1-2H3. The number of nitrogens with one attached hydrogen (secondary N) is 4. The molecule has 2 aliphatic rings. The van der Waals surface area contributed by atoms with E-state index >= 15 is 0 Å². The molecule has 4 heteroatoms. The fourth-order valence-electron chi connectivity index (χ4n) is 6.26. The van der Waals surface area contributed by atoms with Gasteiger partial charge in [0.25, 0.3) is 0 Å². The van der Waals surface area contributed by atoms with Crippen LogP contribution < -0.4 is 21.3 Å². The number of fused-ring (bicyclic) bond motifs is 4. The minimum absolute atomic E-state index is 0.996. The molecule has 0 fully saturated rings. The van der Waals surface area contributed by atoms with Crippen LogP contribution in [0.5, 0.6) is 0 Å². The molecule has 0 saturated heterocycles. The molecule has 6 rings (SSSR count). The van der Waals surface area contributed by atoms with Crippen LogP contribution in [0.1, 0.15) is 56.1 Å². The SMILES string of the molecule is CNCCCCC1=CCC=C(c2ccc3cc(-c4ccc5c6c(ccc5c4)CC=C(CCCCNC)N6)ccc3c2)N1. The van der Waals surface area contributed by atoms with Crippen molar-refractivity contribution in [1.29, 1.82) is 0 Å².